The van der Waals surface area contributed by atoms with Crippen molar-refractivity contribution in [2.75, 3.05) is 27.4 Å². The van der Waals surface area contributed by atoms with Crippen LogP contribution in [-0.4, -0.2) is 27.4 Å². The van der Waals surface area contributed by atoms with Crippen LogP contribution in [0.3, 0.4) is 0 Å². The third kappa shape index (κ3) is 7.87. The first-order valence-corrected chi connectivity index (χ1v) is 14.2. The van der Waals surface area contributed by atoms with E-state index in [9.17, 15) is 5.11 Å². The predicted octanol–water partition coefficient (Wildman–Crippen LogP) is 7.99. The van der Waals surface area contributed by atoms with Crippen molar-refractivity contribution in [3.8, 4) is 11.5 Å². The van der Waals surface area contributed by atoms with E-state index in [1.165, 1.54) is 0 Å². The second kappa shape index (κ2) is 13.3. The van der Waals surface area contributed by atoms with Crippen molar-refractivity contribution in [2.45, 2.75) is 79.1 Å². The smallest absolute Gasteiger partial charge is 0.387 e. The SMILES string of the molecule is C=C([O-])OCCCCOp1oc2c(C(C)(C)C)cc(OC)cc2c2cc(OC)cc(C(C)(C)C)c2o1.CC. The Labute approximate surface area is 228 Å². The summed E-state index contributed by atoms with van der Waals surface area (Å²) in [6, 6.07) is 7.97. The Morgan fingerprint density at radius 1 is 0.789 bits per heavy atom. The maximum atomic E-state index is 10.9. The molecule has 0 aliphatic heterocycles. The molecule has 2 aromatic carbocycles. The van der Waals surface area contributed by atoms with E-state index in [4.69, 9.17) is 27.1 Å². The highest BCUT2D eigenvalue weighted by atomic mass is 31.1. The lowest BCUT2D eigenvalue weighted by Crippen LogP contribution is -2.12. The molecular weight excluding hydrogens is 503 g/mol. The van der Waals surface area contributed by atoms with Gasteiger partial charge in [0, 0.05) is 27.8 Å². The van der Waals surface area contributed by atoms with E-state index in [1.807, 2.05) is 38.1 Å². The Balaban J connectivity index is 0.00000247. The fourth-order valence-electron chi connectivity index (χ4n) is 3.90. The van der Waals surface area contributed by atoms with E-state index in [0.29, 0.717) is 37.2 Å². The van der Waals surface area contributed by atoms with Gasteiger partial charge in [0.2, 0.25) is 0 Å². The van der Waals surface area contributed by atoms with Crippen LogP contribution in [0.5, 0.6) is 11.5 Å². The standard InChI is InChI=1S/C28H39O7P.C2H6/c1-18(29)32-12-10-11-13-33-36-34-25-21(14-19(30-8)16-23(25)27(2,3)4)22-15-20(31-9)17-24(26(22)35-36)28(5,6)7;1-2/h14-17,29H,1,10-13H2,2-9H3;1-2H3/p-1. The van der Waals surface area contributed by atoms with Gasteiger partial charge >= 0.3 is 8.24 Å². The molecule has 0 radical (unpaired) electrons. The normalized spacial score (nSPS) is 11.6. The van der Waals surface area contributed by atoms with Crippen LogP contribution in [-0.2, 0) is 15.6 Å². The Bertz CT molecular complexity index is 1180. The highest BCUT2D eigenvalue weighted by molar-refractivity contribution is 7.31. The molecule has 7 nitrogen and oxygen atoms in total. The monoisotopic (exact) mass is 547 g/mol. The van der Waals surface area contributed by atoms with Gasteiger partial charge in [0.05, 0.1) is 20.8 Å². The maximum absolute atomic E-state index is 10.9. The molecule has 0 saturated heterocycles. The second-order valence-corrected chi connectivity index (χ2v) is 11.8. The summed E-state index contributed by atoms with van der Waals surface area (Å²) >= 11 is 0. The van der Waals surface area contributed by atoms with Gasteiger partial charge in [-0.2, -0.15) is 0 Å². The largest absolute Gasteiger partial charge is 0.614 e. The van der Waals surface area contributed by atoms with Gasteiger partial charge in [-0.3, -0.25) is 4.52 Å². The highest BCUT2D eigenvalue weighted by Gasteiger charge is 2.25. The van der Waals surface area contributed by atoms with E-state index in [0.717, 1.165) is 33.4 Å². The second-order valence-electron chi connectivity index (χ2n) is 10.8. The molecular formula is C30H44O7P-. The number of unbranched alkanes of at least 4 members (excludes halogenated alkanes) is 1. The van der Waals surface area contributed by atoms with Crippen LogP contribution < -0.4 is 19.1 Å². The molecule has 0 N–H and O–H groups in total. The van der Waals surface area contributed by atoms with Crippen LogP contribution in [0, 0.1) is 0 Å². The van der Waals surface area contributed by atoms with E-state index in [1.54, 1.807) is 14.2 Å². The molecule has 3 aromatic rings. The quantitative estimate of drug-likeness (QED) is 0.198. The number of benzene rings is 2. The number of rotatable bonds is 9. The first kappa shape index (κ1) is 31.5. The summed E-state index contributed by atoms with van der Waals surface area (Å²) in [5, 5.41) is 12.6. The lowest BCUT2D eigenvalue weighted by atomic mass is 9.84. The average molecular weight is 548 g/mol. The minimum Gasteiger partial charge on any atom is -0.614 e. The molecule has 212 valence electrons. The van der Waals surface area contributed by atoms with Crippen LogP contribution in [0.4, 0.5) is 0 Å². The van der Waals surface area contributed by atoms with Crippen LogP contribution in [0.25, 0.3) is 21.9 Å². The van der Waals surface area contributed by atoms with Gasteiger partial charge in [-0.1, -0.05) is 62.0 Å². The lowest BCUT2D eigenvalue weighted by molar-refractivity contribution is -0.356. The Morgan fingerprint density at radius 3 is 1.58 bits per heavy atom. The molecule has 0 spiro atoms. The van der Waals surface area contributed by atoms with Gasteiger partial charge in [0.1, 0.15) is 22.7 Å². The highest BCUT2D eigenvalue weighted by Crippen LogP contribution is 2.44. The van der Waals surface area contributed by atoms with Crippen LogP contribution in [0.2, 0.25) is 0 Å². The molecule has 0 saturated carbocycles. The van der Waals surface area contributed by atoms with Crippen molar-refractivity contribution in [3.63, 3.8) is 0 Å². The number of hydrogen-bond donors (Lipinski definition) is 0. The molecule has 0 unspecified atom stereocenters. The summed E-state index contributed by atoms with van der Waals surface area (Å²) in [5.41, 5.74) is 2.96. The lowest BCUT2D eigenvalue weighted by Gasteiger charge is -2.21. The summed E-state index contributed by atoms with van der Waals surface area (Å²) in [6.45, 7) is 20.7. The van der Waals surface area contributed by atoms with Crippen molar-refractivity contribution >= 4 is 30.2 Å². The molecule has 0 amide bonds. The summed E-state index contributed by atoms with van der Waals surface area (Å²) in [6.07, 6.45) is 1.34. The fraction of sp³-hybridized carbons (Fsp3) is 0.533. The van der Waals surface area contributed by atoms with E-state index >= 15 is 0 Å². The molecule has 8 heteroatoms. The van der Waals surface area contributed by atoms with Gasteiger partial charge < -0.3 is 27.7 Å². The molecule has 0 fully saturated rings. The third-order valence-corrected chi connectivity index (χ3v) is 6.89. The summed E-state index contributed by atoms with van der Waals surface area (Å²) in [5.74, 6) is 0.945. The number of fused-ring (bicyclic) bond motifs is 3. The topological polar surface area (TPSA) is 86.3 Å². The molecule has 38 heavy (non-hydrogen) atoms. The van der Waals surface area contributed by atoms with Crippen LogP contribution in [0.15, 0.2) is 45.2 Å². The Hall–Kier alpha value is -2.76. The van der Waals surface area contributed by atoms with E-state index in [-0.39, 0.29) is 10.8 Å². The minimum atomic E-state index is -1.76. The molecule has 1 aromatic heterocycles. The van der Waals surface area contributed by atoms with Gasteiger partial charge in [-0.15, -0.1) is 0 Å². The molecule has 0 aliphatic rings. The van der Waals surface area contributed by atoms with Crippen molar-refractivity contribution < 1.29 is 32.2 Å². The van der Waals surface area contributed by atoms with Crippen LogP contribution in [0.1, 0.15) is 79.4 Å². The molecule has 0 aliphatic carbocycles. The van der Waals surface area contributed by atoms with Crippen molar-refractivity contribution in [2.24, 2.45) is 0 Å². The zero-order chi connectivity index (χ0) is 28.7. The van der Waals surface area contributed by atoms with Gasteiger partial charge in [-0.05, 0) is 54.5 Å². The summed E-state index contributed by atoms with van der Waals surface area (Å²) in [4.78, 5) is 0. The molecule has 1 heterocycles. The van der Waals surface area contributed by atoms with Crippen molar-refractivity contribution in [1.29, 1.82) is 0 Å². The van der Waals surface area contributed by atoms with Gasteiger partial charge in [0.25, 0.3) is 0 Å². The average Bonchev–Trinajstić information content (AvgIpc) is 3.01. The first-order valence-electron chi connectivity index (χ1n) is 13.1. The number of ether oxygens (including phenoxy) is 3. The minimum absolute atomic E-state index is 0.228. The van der Waals surface area contributed by atoms with Crippen molar-refractivity contribution in [1.82, 2.24) is 0 Å². The third-order valence-electron chi connectivity index (χ3n) is 5.83. The predicted molar refractivity (Wildman–Crippen MR) is 154 cm³/mol. The van der Waals surface area contributed by atoms with E-state index < -0.39 is 14.2 Å². The number of hydrogen-bond acceptors (Lipinski definition) is 7. The number of methoxy groups -OCH3 is 2. The Kier molecular flexibility index (Phi) is 11.0. The molecule has 3 rings (SSSR count). The fourth-order valence-corrected chi connectivity index (χ4v) is 5.01. The summed E-state index contributed by atoms with van der Waals surface area (Å²) in [7, 11) is 1.57. The van der Waals surface area contributed by atoms with Gasteiger partial charge in [-0.25, -0.2) is 0 Å². The molecule has 0 atom stereocenters. The van der Waals surface area contributed by atoms with Gasteiger partial charge in [0.15, 0.2) is 0 Å². The summed E-state index contributed by atoms with van der Waals surface area (Å²) < 4.78 is 35.4. The zero-order valence-electron chi connectivity index (χ0n) is 24.6. The maximum Gasteiger partial charge on any atom is 0.387 e. The first-order chi connectivity index (χ1) is 17.8. The molecule has 0 bridgehead atoms. The Morgan fingerprint density at radius 2 is 1.21 bits per heavy atom. The van der Waals surface area contributed by atoms with E-state index in [2.05, 4.69) is 48.1 Å². The van der Waals surface area contributed by atoms with Crippen LogP contribution >= 0.6 is 8.24 Å². The van der Waals surface area contributed by atoms with Crippen molar-refractivity contribution in [3.05, 3.63) is 47.9 Å². The zero-order valence-corrected chi connectivity index (χ0v) is 25.5.